The predicted octanol–water partition coefficient (Wildman–Crippen LogP) is 2.82. The van der Waals surface area contributed by atoms with Gasteiger partial charge in [0.25, 0.3) is 0 Å². The lowest BCUT2D eigenvalue weighted by molar-refractivity contribution is -0.284. The fraction of sp³-hybridized carbons (Fsp3) is 0.370. The molecule has 3 aliphatic heterocycles. The highest BCUT2D eigenvalue weighted by Crippen LogP contribution is 2.43. The second-order valence-electron chi connectivity index (χ2n) is 8.91. The monoisotopic (exact) mass is 492 g/mol. The van der Waals surface area contributed by atoms with Gasteiger partial charge in [0.15, 0.2) is 0 Å². The van der Waals surface area contributed by atoms with Crippen molar-refractivity contribution in [2.24, 2.45) is 0 Å². The lowest BCUT2D eigenvalue weighted by Crippen LogP contribution is -2.58. The van der Waals surface area contributed by atoms with Gasteiger partial charge in [-0.2, -0.15) is 0 Å². The molecule has 2 fully saturated rings. The van der Waals surface area contributed by atoms with Crippen LogP contribution in [0.3, 0.4) is 0 Å². The number of morpholine rings is 1. The zero-order chi connectivity index (χ0) is 25.0. The zero-order valence-electron chi connectivity index (χ0n) is 19.8. The molecular formula is C27H28N2O7. The molecule has 9 heteroatoms. The first-order valence-electron chi connectivity index (χ1n) is 12.1. The molecule has 2 atom stereocenters. The summed E-state index contributed by atoms with van der Waals surface area (Å²) in [5.41, 5.74) is 1.65. The highest BCUT2D eigenvalue weighted by molar-refractivity contribution is 5.94. The second kappa shape index (κ2) is 10.5. The Bertz CT molecular complexity index is 1100. The number of ether oxygens (including phenoxy) is 4. The van der Waals surface area contributed by atoms with Crippen LogP contribution in [0.15, 0.2) is 72.8 Å². The van der Waals surface area contributed by atoms with Crippen LogP contribution >= 0.6 is 0 Å². The first-order valence-corrected chi connectivity index (χ1v) is 12.1. The summed E-state index contributed by atoms with van der Waals surface area (Å²) in [6, 6.07) is 18.2. The van der Waals surface area contributed by atoms with E-state index in [9.17, 15) is 14.4 Å². The summed E-state index contributed by atoms with van der Waals surface area (Å²) in [4.78, 5) is 42.3. The van der Waals surface area contributed by atoms with Crippen LogP contribution in [0.25, 0.3) is 0 Å². The number of rotatable bonds is 7. The molecule has 0 aromatic heterocycles. The molecule has 9 nitrogen and oxygen atoms in total. The maximum Gasteiger partial charge on any atom is 0.417 e. The number of hydrogen-bond acceptors (Lipinski definition) is 8. The van der Waals surface area contributed by atoms with E-state index in [1.165, 1.54) is 4.90 Å². The van der Waals surface area contributed by atoms with Crippen molar-refractivity contribution in [3.05, 3.63) is 83.9 Å². The number of nitrogens with zero attached hydrogens (tertiary/aromatic N) is 2. The molecular weight excluding hydrogens is 464 g/mol. The molecule has 2 saturated heterocycles. The molecule has 3 aliphatic rings. The highest BCUT2D eigenvalue weighted by Gasteiger charge is 2.64. The Hall–Kier alpha value is -3.69. The summed E-state index contributed by atoms with van der Waals surface area (Å²) in [6.07, 6.45) is 0.922. The van der Waals surface area contributed by atoms with Gasteiger partial charge in [-0.05, 0) is 17.5 Å². The van der Waals surface area contributed by atoms with Gasteiger partial charge in [-0.3, -0.25) is 4.90 Å². The number of amides is 1. The average molecular weight is 493 g/mol. The number of esters is 2. The van der Waals surface area contributed by atoms with Crippen molar-refractivity contribution in [2.75, 3.05) is 32.8 Å². The molecule has 1 spiro atoms. The minimum Gasteiger partial charge on any atom is -0.435 e. The molecule has 2 aromatic carbocycles. The van der Waals surface area contributed by atoms with Gasteiger partial charge in [-0.15, -0.1) is 0 Å². The third-order valence-electron chi connectivity index (χ3n) is 6.61. The maximum atomic E-state index is 13.5. The van der Waals surface area contributed by atoms with E-state index in [0.29, 0.717) is 26.2 Å². The van der Waals surface area contributed by atoms with Crippen molar-refractivity contribution >= 4 is 18.0 Å². The molecule has 0 aliphatic carbocycles. The molecule has 188 valence electrons. The Morgan fingerprint density at radius 2 is 1.47 bits per heavy atom. The van der Waals surface area contributed by atoms with E-state index in [2.05, 4.69) is 4.90 Å². The fourth-order valence-corrected chi connectivity index (χ4v) is 4.87. The highest BCUT2D eigenvalue weighted by atomic mass is 16.8. The van der Waals surface area contributed by atoms with Crippen molar-refractivity contribution in [1.29, 1.82) is 0 Å². The normalized spacial score (nSPS) is 22.6. The number of carbonyl (C=O) groups is 3. The van der Waals surface area contributed by atoms with Crippen LogP contribution < -0.4 is 0 Å². The first kappa shape index (κ1) is 24.0. The Kier molecular flexibility index (Phi) is 7.02. The van der Waals surface area contributed by atoms with Crippen LogP contribution in [0.1, 0.15) is 23.6 Å². The third-order valence-corrected chi connectivity index (χ3v) is 6.61. The minimum atomic E-state index is -2.06. The van der Waals surface area contributed by atoms with Crippen LogP contribution in [-0.4, -0.2) is 72.7 Å². The summed E-state index contributed by atoms with van der Waals surface area (Å²) < 4.78 is 22.8. The molecule has 2 aromatic rings. The standard InChI is InChI=1S/C27H28N2O7/c30-24-11-12-25(31)36-27(35-24)23(19-20-7-3-1-4-8-20)34-26(32)29(27)22(21-9-5-2-6-10-21)13-14-28-15-17-33-18-16-28/h1-12,22-23H,13-19H2. The fourth-order valence-electron chi connectivity index (χ4n) is 4.87. The van der Waals surface area contributed by atoms with Gasteiger partial charge < -0.3 is 18.9 Å². The van der Waals surface area contributed by atoms with Gasteiger partial charge in [0.05, 0.1) is 19.3 Å². The third kappa shape index (κ3) is 4.98. The molecule has 0 N–H and O–H groups in total. The summed E-state index contributed by atoms with van der Waals surface area (Å²) in [5, 5.41) is 0. The number of hydrogen-bond donors (Lipinski definition) is 0. The molecule has 5 rings (SSSR count). The Morgan fingerprint density at radius 1 is 0.861 bits per heavy atom. The smallest absolute Gasteiger partial charge is 0.417 e. The Labute approximate surface area is 209 Å². The van der Waals surface area contributed by atoms with E-state index in [1.807, 2.05) is 60.7 Å². The molecule has 36 heavy (non-hydrogen) atoms. The summed E-state index contributed by atoms with van der Waals surface area (Å²) in [7, 11) is 0. The number of carbonyl (C=O) groups excluding carboxylic acids is 3. The Balaban J connectivity index is 1.53. The number of cyclic esters (lactones) is 1. The van der Waals surface area contributed by atoms with E-state index in [0.717, 1.165) is 36.4 Å². The van der Waals surface area contributed by atoms with Crippen LogP contribution in [0, 0.1) is 0 Å². The van der Waals surface area contributed by atoms with Crippen LogP contribution in [0.4, 0.5) is 4.79 Å². The van der Waals surface area contributed by atoms with Crippen molar-refractivity contribution in [3.8, 4) is 0 Å². The van der Waals surface area contributed by atoms with Crippen LogP contribution in [0.5, 0.6) is 0 Å². The second-order valence-corrected chi connectivity index (χ2v) is 8.91. The van der Waals surface area contributed by atoms with E-state index in [4.69, 9.17) is 18.9 Å². The van der Waals surface area contributed by atoms with E-state index in [1.54, 1.807) is 0 Å². The van der Waals surface area contributed by atoms with Gasteiger partial charge in [0.1, 0.15) is 0 Å². The lowest BCUT2D eigenvalue weighted by Gasteiger charge is -2.40. The Morgan fingerprint density at radius 3 is 2.11 bits per heavy atom. The molecule has 2 unspecified atom stereocenters. The SMILES string of the molecule is O=C1C=CC(=O)OC2(O1)C(Cc1ccccc1)OC(=O)N2C(CCN1CCOCC1)c1ccccc1. The van der Waals surface area contributed by atoms with Crippen LogP contribution in [-0.2, 0) is 35.0 Å². The van der Waals surface area contributed by atoms with Gasteiger partial charge in [-0.25, -0.2) is 19.3 Å². The topological polar surface area (TPSA) is 94.6 Å². The van der Waals surface area contributed by atoms with Crippen molar-refractivity contribution in [1.82, 2.24) is 9.80 Å². The van der Waals surface area contributed by atoms with Gasteiger partial charge in [0.2, 0.25) is 6.10 Å². The zero-order valence-corrected chi connectivity index (χ0v) is 19.8. The van der Waals surface area contributed by atoms with Crippen molar-refractivity contribution in [2.45, 2.75) is 30.9 Å². The van der Waals surface area contributed by atoms with E-state index >= 15 is 0 Å². The van der Waals surface area contributed by atoms with E-state index in [-0.39, 0.29) is 6.42 Å². The van der Waals surface area contributed by atoms with Gasteiger partial charge in [-0.1, -0.05) is 60.7 Å². The quantitative estimate of drug-likeness (QED) is 0.545. The predicted molar refractivity (Wildman–Crippen MR) is 127 cm³/mol. The van der Waals surface area contributed by atoms with Gasteiger partial charge in [0, 0.05) is 38.2 Å². The average Bonchev–Trinajstić information content (AvgIpc) is 3.03. The lowest BCUT2D eigenvalue weighted by atomic mass is 9.99. The molecule has 0 radical (unpaired) electrons. The molecule has 0 bridgehead atoms. The largest absolute Gasteiger partial charge is 0.435 e. The van der Waals surface area contributed by atoms with Crippen molar-refractivity contribution < 1.29 is 33.3 Å². The van der Waals surface area contributed by atoms with Crippen molar-refractivity contribution in [3.63, 3.8) is 0 Å². The maximum absolute atomic E-state index is 13.5. The summed E-state index contributed by atoms with van der Waals surface area (Å²) in [5.74, 6) is -3.64. The van der Waals surface area contributed by atoms with Crippen LogP contribution in [0.2, 0.25) is 0 Å². The molecule has 3 heterocycles. The van der Waals surface area contributed by atoms with E-state index < -0.39 is 36.1 Å². The molecule has 1 amide bonds. The minimum absolute atomic E-state index is 0.189. The van der Waals surface area contributed by atoms with Gasteiger partial charge >= 0.3 is 23.9 Å². The summed E-state index contributed by atoms with van der Waals surface area (Å²) in [6.45, 7) is 3.51. The number of benzene rings is 2. The summed E-state index contributed by atoms with van der Waals surface area (Å²) >= 11 is 0. The molecule has 0 saturated carbocycles. The first-order chi connectivity index (χ1) is 17.5.